The Bertz CT molecular complexity index is 491. The Labute approximate surface area is 94.2 Å². The van der Waals surface area contributed by atoms with Crippen molar-refractivity contribution < 1.29 is 13.2 Å². The number of carbonyl (C=O) groups excluding carboxylic acids is 1. The molecule has 0 aliphatic rings. The van der Waals surface area contributed by atoms with Crippen LogP contribution in [0.2, 0.25) is 0 Å². The molecule has 0 bridgehead atoms. The third-order valence-corrected chi connectivity index (χ3v) is 3.45. The van der Waals surface area contributed by atoms with E-state index >= 15 is 0 Å². The molecule has 0 fully saturated rings. The number of benzene rings is 1. The van der Waals surface area contributed by atoms with Crippen LogP contribution < -0.4 is 5.84 Å². The monoisotopic (exact) mass is 240 g/mol. The molecule has 6 heteroatoms. The summed E-state index contributed by atoms with van der Waals surface area (Å²) in [5.74, 6) is 5.31. The number of nitrogens with zero attached hydrogens (tertiary/aromatic N) is 1. The van der Waals surface area contributed by atoms with Crippen molar-refractivity contribution in [2.24, 2.45) is 5.84 Å². The molecule has 1 aromatic carbocycles. The van der Waals surface area contributed by atoms with Crippen LogP contribution >= 0.6 is 0 Å². The minimum Gasteiger partial charge on any atom is -0.299 e. The van der Waals surface area contributed by atoms with Gasteiger partial charge in [-0.15, -0.1) is 0 Å². The van der Waals surface area contributed by atoms with Gasteiger partial charge in [-0.2, -0.15) is 8.42 Å². The molecule has 0 aliphatic heterocycles. The summed E-state index contributed by atoms with van der Waals surface area (Å²) in [7, 11) is -3.76. The molecule has 0 amide bonds. The van der Waals surface area contributed by atoms with Crippen molar-refractivity contribution in [3.05, 3.63) is 42.1 Å². The number of sulfonamides is 1. The van der Waals surface area contributed by atoms with Gasteiger partial charge in [-0.25, -0.2) is 10.3 Å². The second-order valence-corrected chi connectivity index (χ2v) is 4.97. The Morgan fingerprint density at radius 2 is 1.81 bits per heavy atom. The molecule has 0 saturated carbocycles. The zero-order valence-electron chi connectivity index (χ0n) is 8.70. The molecule has 0 aliphatic carbocycles. The number of aryl methyl sites for hydroxylation is 1. The predicted octanol–water partition coefficient (Wildman–Crippen LogP) is 0.572. The number of aldehydes is 1. The number of rotatable bonds is 4. The highest BCUT2D eigenvalue weighted by Gasteiger charge is 2.17. The molecular formula is C10H12N2O3S. The number of nitrogens with two attached hydrogens (primary N) is 1. The third-order valence-electron chi connectivity index (χ3n) is 1.91. The van der Waals surface area contributed by atoms with Gasteiger partial charge in [0, 0.05) is 6.20 Å². The van der Waals surface area contributed by atoms with Crippen molar-refractivity contribution in [3.63, 3.8) is 0 Å². The molecule has 86 valence electrons. The van der Waals surface area contributed by atoms with Crippen molar-refractivity contribution in [2.45, 2.75) is 11.8 Å². The molecule has 1 aromatic rings. The third kappa shape index (κ3) is 2.68. The first-order chi connectivity index (χ1) is 7.48. The second kappa shape index (κ2) is 4.91. The van der Waals surface area contributed by atoms with E-state index in [1.165, 1.54) is 12.1 Å². The van der Waals surface area contributed by atoms with E-state index < -0.39 is 10.0 Å². The Morgan fingerprint density at radius 3 is 2.31 bits per heavy atom. The molecule has 0 spiro atoms. The zero-order valence-corrected chi connectivity index (χ0v) is 9.52. The van der Waals surface area contributed by atoms with E-state index in [1.807, 2.05) is 6.92 Å². The van der Waals surface area contributed by atoms with Crippen LogP contribution in [-0.2, 0) is 14.8 Å². The molecule has 2 N–H and O–H groups in total. The van der Waals surface area contributed by atoms with Crippen molar-refractivity contribution in [2.75, 3.05) is 0 Å². The van der Waals surface area contributed by atoms with Crippen molar-refractivity contribution >= 4 is 16.3 Å². The first-order valence-electron chi connectivity index (χ1n) is 4.46. The van der Waals surface area contributed by atoms with E-state index in [1.54, 1.807) is 12.1 Å². The highest BCUT2D eigenvalue weighted by Crippen LogP contribution is 2.13. The summed E-state index contributed by atoms with van der Waals surface area (Å²) in [6.07, 6.45) is 2.44. The van der Waals surface area contributed by atoms with Crippen LogP contribution in [0.5, 0.6) is 0 Å². The highest BCUT2D eigenvalue weighted by atomic mass is 32.2. The van der Waals surface area contributed by atoms with Crippen LogP contribution in [0.25, 0.3) is 0 Å². The summed E-state index contributed by atoms with van der Waals surface area (Å²) in [5.41, 5.74) is 0.950. The highest BCUT2D eigenvalue weighted by molar-refractivity contribution is 7.89. The molecule has 0 unspecified atom stereocenters. The Balaban J connectivity index is 3.06. The van der Waals surface area contributed by atoms with Crippen LogP contribution in [0.3, 0.4) is 0 Å². The van der Waals surface area contributed by atoms with E-state index in [9.17, 15) is 13.2 Å². The summed E-state index contributed by atoms with van der Waals surface area (Å²) in [6, 6.07) is 6.26. The number of hydrogen-bond acceptors (Lipinski definition) is 4. The number of allylic oxidation sites excluding steroid dienone is 1. The predicted molar refractivity (Wildman–Crippen MR) is 59.6 cm³/mol. The average Bonchev–Trinajstić information content (AvgIpc) is 2.26. The molecule has 5 nitrogen and oxygen atoms in total. The van der Waals surface area contributed by atoms with Crippen molar-refractivity contribution in [3.8, 4) is 0 Å². The quantitative estimate of drug-likeness (QED) is 0.361. The smallest absolute Gasteiger partial charge is 0.277 e. The lowest BCUT2D eigenvalue weighted by molar-refractivity contribution is -0.104. The summed E-state index contributed by atoms with van der Waals surface area (Å²) >= 11 is 0. The van der Waals surface area contributed by atoms with E-state index in [2.05, 4.69) is 0 Å². The topological polar surface area (TPSA) is 80.5 Å². The number of carbonyl (C=O) groups is 1. The normalized spacial score (nSPS) is 11.6. The maximum atomic E-state index is 11.8. The lowest BCUT2D eigenvalue weighted by atomic mass is 10.2. The second-order valence-electron chi connectivity index (χ2n) is 3.13. The molecule has 16 heavy (non-hydrogen) atoms. The molecule has 1 rings (SSSR count). The maximum absolute atomic E-state index is 11.8. The molecular weight excluding hydrogens is 228 g/mol. The minimum absolute atomic E-state index is 0.0798. The molecule has 0 aromatic heterocycles. The molecule has 0 atom stereocenters. The van der Waals surface area contributed by atoms with Gasteiger partial charge in [-0.05, 0) is 25.1 Å². The van der Waals surface area contributed by atoms with Crippen LogP contribution in [0.4, 0.5) is 0 Å². The van der Waals surface area contributed by atoms with E-state index in [4.69, 9.17) is 5.84 Å². The fourth-order valence-corrected chi connectivity index (χ4v) is 1.99. The van der Waals surface area contributed by atoms with Gasteiger partial charge in [0.25, 0.3) is 10.0 Å². The number of hydrazine groups is 1. The average molecular weight is 240 g/mol. The fraction of sp³-hybridized carbons (Fsp3) is 0.100. The van der Waals surface area contributed by atoms with Crippen LogP contribution in [0.1, 0.15) is 5.56 Å². The van der Waals surface area contributed by atoms with Gasteiger partial charge in [-0.1, -0.05) is 17.7 Å². The summed E-state index contributed by atoms with van der Waals surface area (Å²) in [5, 5.41) is 0. The van der Waals surface area contributed by atoms with Gasteiger partial charge in [0.1, 0.15) is 6.29 Å². The summed E-state index contributed by atoms with van der Waals surface area (Å²) in [4.78, 5) is 10.1. The molecule has 0 saturated heterocycles. The SMILES string of the molecule is Cc1ccc(S(=O)(=O)N(N)C=CC=O)cc1. The van der Waals surface area contributed by atoms with Gasteiger partial charge in [0.05, 0.1) is 4.90 Å². The first kappa shape index (κ1) is 12.4. The fourth-order valence-electron chi connectivity index (χ4n) is 1.03. The Hall–Kier alpha value is -1.66. The minimum atomic E-state index is -3.76. The van der Waals surface area contributed by atoms with E-state index in [0.717, 1.165) is 17.8 Å². The van der Waals surface area contributed by atoms with Crippen LogP contribution in [0.15, 0.2) is 41.4 Å². The van der Waals surface area contributed by atoms with Gasteiger partial charge >= 0.3 is 0 Å². The van der Waals surface area contributed by atoms with Gasteiger partial charge < -0.3 is 0 Å². The van der Waals surface area contributed by atoms with Gasteiger partial charge in [0.15, 0.2) is 0 Å². The van der Waals surface area contributed by atoms with Crippen molar-refractivity contribution in [1.82, 2.24) is 4.41 Å². The standard InChI is InChI=1S/C10H12N2O3S/c1-9-3-5-10(6-4-9)16(14,15)12(11)7-2-8-13/h2-8H,11H2,1H3. The van der Waals surface area contributed by atoms with Crippen LogP contribution in [0, 0.1) is 6.92 Å². The molecule has 0 heterocycles. The summed E-state index contributed by atoms with van der Waals surface area (Å²) in [6.45, 7) is 1.85. The summed E-state index contributed by atoms with van der Waals surface area (Å²) < 4.78 is 24.1. The van der Waals surface area contributed by atoms with Crippen molar-refractivity contribution in [1.29, 1.82) is 0 Å². The lowest BCUT2D eigenvalue weighted by Gasteiger charge is -2.13. The number of hydrogen-bond donors (Lipinski definition) is 1. The largest absolute Gasteiger partial charge is 0.299 e. The Morgan fingerprint density at radius 1 is 1.25 bits per heavy atom. The zero-order chi connectivity index (χ0) is 12.2. The lowest BCUT2D eigenvalue weighted by Crippen LogP contribution is -2.32. The maximum Gasteiger partial charge on any atom is 0.277 e. The Kier molecular flexibility index (Phi) is 3.81. The van der Waals surface area contributed by atoms with E-state index in [-0.39, 0.29) is 4.90 Å². The van der Waals surface area contributed by atoms with Crippen LogP contribution in [-0.4, -0.2) is 19.1 Å². The first-order valence-corrected chi connectivity index (χ1v) is 5.90. The van der Waals surface area contributed by atoms with Gasteiger partial charge in [-0.3, -0.25) is 4.79 Å². The van der Waals surface area contributed by atoms with Gasteiger partial charge in [0.2, 0.25) is 0 Å². The molecule has 0 radical (unpaired) electrons. The van der Waals surface area contributed by atoms with E-state index in [0.29, 0.717) is 10.7 Å².